The molecule has 1 aromatic carbocycles. The average Bonchev–Trinajstić information content (AvgIpc) is 3.29. The fraction of sp³-hybridized carbons (Fsp3) is 0.640. The summed E-state index contributed by atoms with van der Waals surface area (Å²) in [6, 6.07) is 5.38. The molecule has 0 unspecified atom stereocenters. The van der Waals surface area contributed by atoms with Gasteiger partial charge in [-0.15, -0.1) is 0 Å². The van der Waals surface area contributed by atoms with E-state index in [1.165, 1.54) is 69.0 Å². The number of carbonyl (C=O) groups excluding carboxylic acids is 1. The molecule has 200 valence electrons. The van der Waals surface area contributed by atoms with Crippen molar-refractivity contribution in [3.63, 3.8) is 0 Å². The number of hydroxylamine groups is 1. The maximum atomic E-state index is 12.0. The molecule has 0 spiro atoms. The predicted octanol–water partition coefficient (Wildman–Crippen LogP) is 5.52. The van der Waals surface area contributed by atoms with Crippen LogP contribution in [0.25, 0.3) is 0 Å². The number of fused-ring (bicyclic) bond motifs is 1. The Hall–Kier alpha value is -2.89. The molecular weight excluding hydrogens is 470 g/mol. The third-order valence-corrected chi connectivity index (χ3v) is 5.89. The molecule has 0 aromatic heterocycles. The van der Waals surface area contributed by atoms with E-state index in [-0.39, 0.29) is 5.69 Å². The highest BCUT2D eigenvalue weighted by atomic mass is 16.8. The van der Waals surface area contributed by atoms with Gasteiger partial charge < -0.3 is 23.8 Å². The van der Waals surface area contributed by atoms with Crippen LogP contribution in [-0.2, 0) is 23.8 Å². The Morgan fingerprint density at radius 3 is 2.42 bits per heavy atom. The lowest BCUT2D eigenvalue weighted by Crippen LogP contribution is -2.32. The lowest BCUT2D eigenvalue weighted by atomic mass is 10.1. The van der Waals surface area contributed by atoms with Gasteiger partial charge in [-0.05, 0) is 32.4 Å². The first-order chi connectivity index (χ1) is 17.3. The molecule has 11 nitrogen and oxygen atoms in total. The summed E-state index contributed by atoms with van der Waals surface area (Å²) in [4.78, 5) is 27.2. The maximum Gasteiger partial charge on any atom is 0.435 e. The molecule has 0 aliphatic carbocycles. The number of unbranched alkanes of at least 4 members (excludes halogenated alkanes) is 7. The number of nitro groups is 1. The third kappa shape index (κ3) is 8.35. The van der Waals surface area contributed by atoms with E-state index in [9.17, 15) is 14.9 Å². The van der Waals surface area contributed by atoms with Gasteiger partial charge in [0.2, 0.25) is 6.29 Å². The van der Waals surface area contributed by atoms with Crippen LogP contribution in [0, 0.1) is 10.1 Å². The Morgan fingerprint density at radius 1 is 1.08 bits per heavy atom. The summed E-state index contributed by atoms with van der Waals surface area (Å²) >= 11 is 0. The molecular formula is C25H37N3O8. The summed E-state index contributed by atoms with van der Waals surface area (Å²) in [6.07, 6.45) is 8.64. The monoisotopic (exact) mass is 507 g/mol. The number of non-ortho nitro benzene ring substituents is 1. The summed E-state index contributed by atoms with van der Waals surface area (Å²) in [7, 11) is 0. The third-order valence-electron chi connectivity index (χ3n) is 5.89. The first kappa shape index (κ1) is 27.7. The highest BCUT2D eigenvalue weighted by molar-refractivity contribution is 5.84. The number of nitrogens with one attached hydrogen (secondary N) is 2. The lowest BCUT2D eigenvalue weighted by molar-refractivity contribution is -0.384. The van der Waals surface area contributed by atoms with Crippen molar-refractivity contribution in [1.82, 2.24) is 5.48 Å². The Bertz CT molecular complexity index is 890. The van der Waals surface area contributed by atoms with E-state index in [0.717, 1.165) is 12.8 Å². The molecule has 1 aromatic rings. The van der Waals surface area contributed by atoms with E-state index in [1.54, 1.807) is 0 Å². The standard InChI is InChI=1S/C25H37N3O8/c1-4-5-6-7-8-9-10-11-16-32-21-20(33-23-22(21)34-25(2,3)35-23)17-26-36-24(29)27-18-12-14-19(15-13-18)28(30)31/h12-15,17,21-23,26H,4-11,16H2,1-3H3,(H,27,29)/t21-,22+,23+/m0/s1. The number of amides is 1. The average molecular weight is 508 g/mol. The molecule has 36 heavy (non-hydrogen) atoms. The molecule has 2 N–H and O–H groups in total. The molecule has 0 radical (unpaired) electrons. The van der Waals surface area contributed by atoms with Gasteiger partial charge in [0, 0.05) is 24.4 Å². The van der Waals surface area contributed by atoms with Crippen LogP contribution in [0.15, 0.2) is 36.2 Å². The largest absolute Gasteiger partial charge is 0.462 e. The van der Waals surface area contributed by atoms with Crippen molar-refractivity contribution in [2.75, 3.05) is 11.9 Å². The van der Waals surface area contributed by atoms with Gasteiger partial charge in [0.05, 0.1) is 11.1 Å². The quantitative estimate of drug-likeness (QED) is 0.190. The number of carbonyl (C=O) groups is 1. The van der Waals surface area contributed by atoms with E-state index in [1.807, 2.05) is 13.8 Å². The lowest BCUT2D eigenvalue weighted by Gasteiger charge is -2.22. The molecule has 2 heterocycles. The molecule has 1 amide bonds. The second-order valence-corrected chi connectivity index (χ2v) is 9.34. The SMILES string of the molecule is CCCCCCCCCCO[C@H]1C(=CNOC(=O)Nc2ccc([N+](=O)[O-])cc2)O[C@@H]2OC(C)(C)O[C@@H]21. The molecule has 2 fully saturated rings. The van der Waals surface area contributed by atoms with Crippen molar-refractivity contribution in [2.45, 2.75) is 96.4 Å². The van der Waals surface area contributed by atoms with Crippen molar-refractivity contribution in [3.8, 4) is 0 Å². The van der Waals surface area contributed by atoms with Gasteiger partial charge in [0.1, 0.15) is 6.10 Å². The van der Waals surface area contributed by atoms with Crippen LogP contribution in [0.3, 0.4) is 0 Å². The highest BCUT2D eigenvalue weighted by Crippen LogP contribution is 2.40. The minimum atomic E-state index is -0.802. The van der Waals surface area contributed by atoms with E-state index in [4.69, 9.17) is 23.8 Å². The number of rotatable bonds is 14. The molecule has 11 heteroatoms. The van der Waals surface area contributed by atoms with E-state index >= 15 is 0 Å². The summed E-state index contributed by atoms with van der Waals surface area (Å²) in [5.41, 5.74) is 2.73. The number of hydrogen-bond acceptors (Lipinski definition) is 9. The molecule has 2 saturated heterocycles. The number of nitro benzene ring substituents is 1. The van der Waals surface area contributed by atoms with Crippen LogP contribution in [0.1, 0.15) is 72.1 Å². The molecule has 3 rings (SSSR count). The van der Waals surface area contributed by atoms with Crippen LogP contribution in [0.2, 0.25) is 0 Å². The Balaban J connectivity index is 1.45. The molecule has 0 saturated carbocycles. The summed E-state index contributed by atoms with van der Waals surface area (Å²) in [6.45, 7) is 6.40. The second-order valence-electron chi connectivity index (χ2n) is 9.34. The van der Waals surface area contributed by atoms with E-state index in [0.29, 0.717) is 18.1 Å². The van der Waals surface area contributed by atoms with Crippen molar-refractivity contribution >= 4 is 17.5 Å². The van der Waals surface area contributed by atoms with Gasteiger partial charge in [-0.3, -0.25) is 15.4 Å². The predicted molar refractivity (Wildman–Crippen MR) is 132 cm³/mol. The number of anilines is 1. The van der Waals surface area contributed by atoms with Crippen LogP contribution >= 0.6 is 0 Å². The molecule has 2 aliphatic heterocycles. The van der Waals surface area contributed by atoms with E-state index < -0.39 is 35.3 Å². The first-order valence-electron chi connectivity index (χ1n) is 12.6. The molecule has 3 atom stereocenters. The van der Waals surface area contributed by atoms with Crippen molar-refractivity contribution in [1.29, 1.82) is 0 Å². The van der Waals surface area contributed by atoms with Crippen LogP contribution in [-0.4, -0.2) is 41.9 Å². The normalized spacial score (nSPS) is 23.2. The van der Waals surface area contributed by atoms with Crippen molar-refractivity contribution in [3.05, 3.63) is 46.3 Å². The van der Waals surface area contributed by atoms with Gasteiger partial charge in [0.15, 0.2) is 17.7 Å². The minimum absolute atomic E-state index is 0.0775. The number of nitrogens with zero attached hydrogens (tertiary/aromatic N) is 1. The van der Waals surface area contributed by atoms with Gasteiger partial charge in [-0.25, -0.2) is 10.3 Å². The fourth-order valence-electron chi connectivity index (χ4n) is 4.11. The van der Waals surface area contributed by atoms with Gasteiger partial charge in [0.25, 0.3) is 5.69 Å². The zero-order valence-electron chi connectivity index (χ0n) is 21.2. The smallest absolute Gasteiger partial charge is 0.435 e. The van der Waals surface area contributed by atoms with Crippen LogP contribution in [0.4, 0.5) is 16.2 Å². The molecule has 2 aliphatic rings. The van der Waals surface area contributed by atoms with Crippen molar-refractivity contribution in [2.24, 2.45) is 0 Å². The Labute approximate surface area is 211 Å². The highest BCUT2D eigenvalue weighted by Gasteiger charge is 2.54. The van der Waals surface area contributed by atoms with Crippen LogP contribution < -0.4 is 10.8 Å². The van der Waals surface area contributed by atoms with Gasteiger partial charge in [-0.2, -0.15) is 0 Å². The number of benzene rings is 1. The Morgan fingerprint density at radius 2 is 1.75 bits per heavy atom. The number of ether oxygens (including phenoxy) is 4. The maximum absolute atomic E-state index is 12.0. The molecule has 0 bridgehead atoms. The van der Waals surface area contributed by atoms with Gasteiger partial charge in [-0.1, -0.05) is 51.9 Å². The topological polar surface area (TPSA) is 130 Å². The first-order valence-corrected chi connectivity index (χ1v) is 12.6. The summed E-state index contributed by atoms with van der Waals surface area (Å²) in [5, 5.41) is 13.2. The zero-order chi connectivity index (χ0) is 26.0. The fourth-order valence-corrected chi connectivity index (χ4v) is 4.11. The van der Waals surface area contributed by atoms with Gasteiger partial charge >= 0.3 is 6.09 Å². The van der Waals surface area contributed by atoms with Crippen molar-refractivity contribution < 1.29 is 33.5 Å². The summed E-state index contributed by atoms with van der Waals surface area (Å²) in [5.74, 6) is -0.376. The number of hydrogen-bond donors (Lipinski definition) is 2. The van der Waals surface area contributed by atoms with Crippen LogP contribution in [0.5, 0.6) is 0 Å². The minimum Gasteiger partial charge on any atom is -0.462 e. The zero-order valence-corrected chi connectivity index (χ0v) is 21.2. The second kappa shape index (κ2) is 13.4. The summed E-state index contributed by atoms with van der Waals surface area (Å²) < 4.78 is 23.7. The Kier molecular flexibility index (Phi) is 10.3. The van der Waals surface area contributed by atoms with E-state index in [2.05, 4.69) is 17.7 Å².